The molecule has 0 fully saturated rings. The fourth-order valence-electron chi connectivity index (χ4n) is 4.83. The van der Waals surface area contributed by atoms with Crippen molar-refractivity contribution in [2.24, 2.45) is 4.99 Å². The summed E-state index contributed by atoms with van der Waals surface area (Å²) < 4.78 is 34.0. The maximum Gasteiger partial charge on any atom is 0.253 e. The Morgan fingerprint density at radius 3 is 1.78 bits per heavy atom. The highest BCUT2D eigenvalue weighted by Crippen LogP contribution is 2.38. The molecule has 3 rings (SSSR count). The molecule has 0 aromatic heterocycles. The van der Waals surface area contributed by atoms with Crippen LogP contribution in [-0.4, -0.2) is 64.7 Å². The number of methoxy groups -OCH3 is 3. The molecule has 1 amide bonds. The summed E-state index contributed by atoms with van der Waals surface area (Å²) in [6.07, 6.45) is 9.57. The predicted octanol–water partition coefficient (Wildman–Crippen LogP) is 12.6. The fraction of sp³-hybridized carbons (Fsp3) is 0.543. The maximum atomic E-state index is 13.3. The van der Waals surface area contributed by atoms with Gasteiger partial charge in [0, 0.05) is 37.4 Å². The number of hydrogen-bond acceptors (Lipinski definition) is 7. The zero-order valence-electron chi connectivity index (χ0n) is 36.4. The Balaban J connectivity index is 0. The van der Waals surface area contributed by atoms with Crippen LogP contribution in [0.4, 0.5) is 10.1 Å². The van der Waals surface area contributed by atoms with E-state index in [1.165, 1.54) is 71.1 Å². The van der Waals surface area contributed by atoms with E-state index in [1.54, 1.807) is 36.2 Å². The van der Waals surface area contributed by atoms with Crippen molar-refractivity contribution in [3.63, 3.8) is 0 Å². The molecule has 0 aliphatic carbocycles. The molecule has 0 N–H and O–H groups in total. The lowest BCUT2D eigenvalue weighted by atomic mass is 9.93. The van der Waals surface area contributed by atoms with Crippen molar-refractivity contribution in [1.29, 1.82) is 5.26 Å². The average Bonchev–Trinajstić information content (AvgIpc) is 3.19. The molecule has 9 heteroatoms. The number of amides is 1. The van der Waals surface area contributed by atoms with E-state index in [4.69, 9.17) is 24.2 Å². The second-order valence-corrected chi connectivity index (χ2v) is 13.0. The van der Waals surface area contributed by atoms with E-state index in [9.17, 15) is 9.18 Å². The van der Waals surface area contributed by atoms with Gasteiger partial charge in [-0.2, -0.15) is 5.26 Å². The van der Waals surface area contributed by atoms with Gasteiger partial charge in [0.15, 0.2) is 11.5 Å². The SMILES string of the molecule is CC(C)=Nc1ccccc1C.CCCC.CCCC(CN(C)C(=O)c1cc(OC)c(OC)c(OC)c1)c1ccc(F)cc1.CCCCC.CCCOCC#N. The zero-order valence-corrected chi connectivity index (χ0v) is 36.4. The summed E-state index contributed by atoms with van der Waals surface area (Å²) >= 11 is 0. The number of benzene rings is 3. The average molecular weight is 766 g/mol. The molecule has 308 valence electrons. The molecule has 3 aromatic rings. The number of likely N-dealkylation sites (N-methyl/N-ethyl adjacent to an activating group) is 1. The topological polar surface area (TPSA) is 93.4 Å². The Hall–Kier alpha value is -4.42. The Bertz CT molecular complexity index is 1450. The number of unbranched alkanes of at least 4 members (excludes halogenated alkanes) is 3. The van der Waals surface area contributed by atoms with Crippen LogP contribution in [0.3, 0.4) is 0 Å². The number of aliphatic imine (C=N–C) groups is 1. The van der Waals surface area contributed by atoms with Crippen LogP contribution < -0.4 is 14.2 Å². The third-order valence-corrected chi connectivity index (χ3v) is 7.91. The lowest BCUT2D eigenvalue weighted by Crippen LogP contribution is -2.31. The third kappa shape index (κ3) is 23.9. The van der Waals surface area contributed by atoms with Gasteiger partial charge >= 0.3 is 0 Å². The van der Waals surface area contributed by atoms with E-state index in [-0.39, 0.29) is 24.2 Å². The summed E-state index contributed by atoms with van der Waals surface area (Å²) in [5.74, 6) is 1.02. The molecule has 0 heterocycles. The standard InChI is InChI=1S/C22H28FNO4.C10H13N.C5H9NO.C5H12.C4H10/c1-6-7-16(15-8-10-18(23)11-9-15)14-24(2)22(25)17-12-19(26-3)21(28-5)20(13-17)27-4;1-8(2)11-10-7-5-4-6-9(10)3;1-2-4-7-5-3-6;1-3-5-4-2;1-3-4-2/h8-13,16H,6-7,14H2,1-5H3;4-7H,1-3H3;2,4-5H2,1H3;3-5H2,1-2H3;3-4H2,1-2H3. The smallest absolute Gasteiger partial charge is 0.253 e. The van der Waals surface area contributed by atoms with E-state index in [2.05, 4.69) is 52.6 Å². The van der Waals surface area contributed by atoms with Gasteiger partial charge in [-0.3, -0.25) is 9.79 Å². The van der Waals surface area contributed by atoms with E-state index in [1.807, 2.05) is 45.0 Å². The first-order valence-electron chi connectivity index (χ1n) is 19.7. The lowest BCUT2D eigenvalue weighted by molar-refractivity contribution is 0.0783. The summed E-state index contributed by atoms with van der Waals surface area (Å²) in [6, 6.07) is 19.8. The van der Waals surface area contributed by atoms with Gasteiger partial charge < -0.3 is 23.8 Å². The van der Waals surface area contributed by atoms with Crippen LogP contribution in [0.15, 0.2) is 65.7 Å². The maximum absolute atomic E-state index is 13.3. The highest BCUT2D eigenvalue weighted by atomic mass is 19.1. The first kappa shape index (κ1) is 52.7. The Labute approximate surface area is 334 Å². The number of halogens is 1. The largest absolute Gasteiger partial charge is 0.493 e. The molecule has 8 nitrogen and oxygen atoms in total. The molecule has 0 aliphatic heterocycles. The minimum absolute atomic E-state index is 0.126. The van der Waals surface area contributed by atoms with E-state index >= 15 is 0 Å². The number of carbonyl (C=O) groups excluding carboxylic acids is 1. The van der Waals surface area contributed by atoms with Gasteiger partial charge in [-0.25, -0.2) is 4.39 Å². The number of aryl methyl sites for hydroxylation is 1. The van der Waals surface area contributed by atoms with Crippen molar-refractivity contribution < 1.29 is 28.1 Å². The molecule has 0 aliphatic rings. The van der Waals surface area contributed by atoms with Crippen molar-refractivity contribution in [2.75, 3.05) is 48.1 Å². The summed E-state index contributed by atoms with van der Waals surface area (Å²) in [5.41, 5.74) is 4.87. The van der Waals surface area contributed by atoms with Crippen LogP contribution in [0.2, 0.25) is 0 Å². The molecule has 1 atom stereocenters. The van der Waals surface area contributed by atoms with Crippen LogP contribution in [0.25, 0.3) is 0 Å². The molecule has 0 saturated carbocycles. The summed E-state index contributed by atoms with van der Waals surface area (Å²) in [7, 11) is 6.31. The summed E-state index contributed by atoms with van der Waals surface area (Å²) in [5, 5.41) is 7.92. The number of hydrogen-bond donors (Lipinski definition) is 0. The monoisotopic (exact) mass is 766 g/mol. The number of para-hydroxylation sites is 1. The van der Waals surface area contributed by atoms with Gasteiger partial charge in [-0.15, -0.1) is 0 Å². The second-order valence-electron chi connectivity index (χ2n) is 13.0. The Morgan fingerprint density at radius 1 is 0.818 bits per heavy atom. The molecule has 0 spiro atoms. The molecular weight excluding hydrogens is 694 g/mol. The van der Waals surface area contributed by atoms with E-state index < -0.39 is 0 Å². The van der Waals surface area contributed by atoms with E-state index in [0.29, 0.717) is 36.0 Å². The summed E-state index contributed by atoms with van der Waals surface area (Å²) in [4.78, 5) is 19.1. The minimum atomic E-state index is -0.263. The molecular formula is C46H72FN3O5. The molecule has 55 heavy (non-hydrogen) atoms. The van der Waals surface area contributed by atoms with Crippen molar-refractivity contribution in [1.82, 2.24) is 4.90 Å². The van der Waals surface area contributed by atoms with Crippen LogP contribution in [0.5, 0.6) is 17.2 Å². The highest BCUT2D eigenvalue weighted by molar-refractivity contribution is 5.95. The number of nitrogens with zero attached hydrogens (tertiary/aromatic N) is 3. The van der Waals surface area contributed by atoms with Crippen molar-refractivity contribution in [3.05, 3.63) is 83.2 Å². The van der Waals surface area contributed by atoms with Crippen LogP contribution in [-0.2, 0) is 4.74 Å². The van der Waals surface area contributed by atoms with Crippen LogP contribution >= 0.6 is 0 Å². The molecule has 0 saturated heterocycles. The number of rotatable bonds is 16. The molecule has 1 unspecified atom stereocenters. The first-order chi connectivity index (χ1) is 26.4. The fourth-order valence-corrected chi connectivity index (χ4v) is 4.83. The number of nitriles is 1. The van der Waals surface area contributed by atoms with Crippen molar-refractivity contribution in [3.8, 4) is 23.3 Å². The quantitative estimate of drug-likeness (QED) is 0.106. The number of carbonyl (C=O) groups is 1. The number of ether oxygens (including phenoxy) is 4. The second kappa shape index (κ2) is 34.1. The zero-order chi connectivity index (χ0) is 42.0. The van der Waals surface area contributed by atoms with Gasteiger partial charge in [0.05, 0.1) is 33.1 Å². The van der Waals surface area contributed by atoms with Gasteiger partial charge in [0.25, 0.3) is 5.91 Å². The predicted molar refractivity (Wildman–Crippen MR) is 229 cm³/mol. The molecule has 0 radical (unpaired) electrons. The van der Waals surface area contributed by atoms with Crippen molar-refractivity contribution in [2.45, 2.75) is 120 Å². The van der Waals surface area contributed by atoms with Gasteiger partial charge in [0.1, 0.15) is 12.4 Å². The molecule has 3 aromatic carbocycles. The highest BCUT2D eigenvalue weighted by Gasteiger charge is 2.22. The van der Waals surface area contributed by atoms with Gasteiger partial charge in [-0.1, -0.05) is 110 Å². The first-order valence-corrected chi connectivity index (χ1v) is 19.7. The Kier molecular flexibility index (Phi) is 32.7. The molecule has 0 bridgehead atoms. The lowest BCUT2D eigenvalue weighted by Gasteiger charge is -2.25. The Morgan fingerprint density at radius 2 is 1.38 bits per heavy atom. The minimum Gasteiger partial charge on any atom is -0.493 e. The van der Waals surface area contributed by atoms with Gasteiger partial charge in [-0.05, 0) is 75.1 Å². The third-order valence-electron chi connectivity index (χ3n) is 7.91. The normalized spacial score (nSPS) is 10.1. The van der Waals surface area contributed by atoms with Crippen LogP contribution in [0.1, 0.15) is 134 Å². The van der Waals surface area contributed by atoms with Crippen LogP contribution in [0, 0.1) is 24.1 Å². The van der Waals surface area contributed by atoms with E-state index in [0.717, 1.165) is 36.2 Å². The van der Waals surface area contributed by atoms with Crippen molar-refractivity contribution >= 4 is 17.3 Å². The van der Waals surface area contributed by atoms with Gasteiger partial charge in [0.2, 0.25) is 5.75 Å². The summed E-state index contributed by atoms with van der Waals surface area (Å²) in [6.45, 7) is 20.4.